The van der Waals surface area contributed by atoms with Crippen LogP contribution in [-0.4, -0.2) is 51.8 Å². The van der Waals surface area contributed by atoms with Gasteiger partial charge in [-0.05, 0) is 44.5 Å². The summed E-state index contributed by atoms with van der Waals surface area (Å²) in [7, 11) is 0. The van der Waals surface area contributed by atoms with E-state index in [1.54, 1.807) is 12.3 Å². The smallest absolute Gasteiger partial charge is 0.246 e. The first-order valence-corrected chi connectivity index (χ1v) is 10.7. The predicted molar refractivity (Wildman–Crippen MR) is 124 cm³/mol. The van der Waals surface area contributed by atoms with Crippen molar-refractivity contribution in [2.75, 3.05) is 31.1 Å². The highest BCUT2D eigenvalue weighted by Crippen LogP contribution is 2.18. The number of piperazine rings is 1. The Bertz CT molecular complexity index is 1060. The Morgan fingerprint density at radius 1 is 1.00 bits per heavy atom. The summed E-state index contributed by atoms with van der Waals surface area (Å²) in [5, 5.41) is 4.69. The number of carbonyl (C=O) groups excluding carboxylic acids is 1. The first-order chi connectivity index (χ1) is 15.0. The van der Waals surface area contributed by atoms with Crippen molar-refractivity contribution in [2.24, 2.45) is 0 Å². The molecule has 160 valence electrons. The van der Waals surface area contributed by atoms with Crippen molar-refractivity contribution in [2.45, 2.75) is 27.3 Å². The van der Waals surface area contributed by atoms with Crippen LogP contribution >= 0.6 is 0 Å². The molecule has 1 saturated heterocycles. The lowest BCUT2D eigenvalue weighted by molar-refractivity contribution is -0.126. The molecule has 1 aliphatic heterocycles. The molecular formula is C25H29N5O. The maximum absolute atomic E-state index is 12.7. The molecule has 0 unspecified atom stereocenters. The first kappa shape index (κ1) is 20.8. The highest BCUT2D eigenvalue weighted by Gasteiger charge is 2.20. The van der Waals surface area contributed by atoms with Crippen LogP contribution in [0.15, 0.2) is 54.7 Å². The van der Waals surface area contributed by atoms with Crippen molar-refractivity contribution in [3.05, 3.63) is 82.8 Å². The third-order valence-corrected chi connectivity index (χ3v) is 5.85. The van der Waals surface area contributed by atoms with E-state index in [-0.39, 0.29) is 5.91 Å². The van der Waals surface area contributed by atoms with Crippen LogP contribution in [0.25, 0.3) is 6.08 Å². The highest BCUT2D eigenvalue weighted by atomic mass is 16.2. The van der Waals surface area contributed by atoms with Crippen LogP contribution in [0.4, 0.5) is 5.82 Å². The number of benzene rings is 1. The molecule has 4 rings (SSSR count). The van der Waals surface area contributed by atoms with Crippen molar-refractivity contribution < 1.29 is 4.79 Å². The molecule has 2 aromatic heterocycles. The number of anilines is 1. The third-order valence-electron chi connectivity index (χ3n) is 5.85. The second kappa shape index (κ2) is 9.16. The molecule has 0 bridgehead atoms. The van der Waals surface area contributed by atoms with Crippen molar-refractivity contribution >= 4 is 17.8 Å². The maximum Gasteiger partial charge on any atom is 0.246 e. The van der Waals surface area contributed by atoms with Crippen LogP contribution in [0, 0.1) is 20.8 Å². The lowest BCUT2D eigenvalue weighted by atomic mass is 10.1. The fourth-order valence-corrected chi connectivity index (χ4v) is 3.93. The molecule has 1 aliphatic rings. The van der Waals surface area contributed by atoms with Gasteiger partial charge < -0.3 is 9.80 Å². The van der Waals surface area contributed by atoms with Crippen LogP contribution in [0.5, 0.6) is 0 Å². The number of aromatic nitrogens is 3. The van der Waals surface area contributed by atoms with Crippen LogP contribution in [-0.2, 0) is 11.3 Å². The van der Waals surface area contributed by atoms with Gasteiger partial charge in [0.05, 0.1) is 12.2 Å². The van der Waals surface area contributed by atoms with E-state index in [9.17, 15) is 4.79 Å². The standard InChI is InChI=1S/C25H29N5O/c1-19-7-9-22(10-8-19)18-30-21(3)23(20(2)27-30)11-12-25(31)29-16-14-28(15-17-29)24-6-4-5-13-26-24/h4-13H,14-18H2,1-3H3. The molecule has 1 amide bonds. The summed E-state index contributed by atoms with van der Waals surface area (Å²) in [6.07, 6.45) is 5.40. The minimum absolute atomic E-state index is 0.0470. The summed E-state index contributed by atoms with van der Waals surface area (Å²) in [4.78, 5) is 21.3. The average Bonchev–Trinajstić information content (AvgIpc) is 3.06. The van der Waals surface area contributed by atoms with Gasteiger partial charge in [-0.2, -0.15) is 5.10 Å². The molecule has 6 heteroatoms. The van der Waals surface area contributed by atoms with Crippen molar-refractivity contribution in [3.63, 3.8) is 0 Å². The van der Waals surface area contributed by atoms with Gasteiger partial charge in [-0.3, -0.25) is 9.48 Å². The summed E-state index contributed by atoms with van der Waals surface area (Å²) < 4.78 is 2.01. The molecule has 1 aromatic carbocycles. The molecule has 1 fully saturated rings. The van der Waals surface area contributed by atoms with Gasteiger partial charge in [0.2, 0.25) is 5.91 Å². The van der Waals surface area contributed by atoms with E-state index in [0.29, 0.717) is 13.1 Å². The lowest BCUT2D eigenvalue weighted by Gasteiger charge is -2.34. The van der Waals surface area contributed by atoms with E-state index in [4.69, 9.17) is 0 Å². The number of nitrogens with zero attached hydrogens (tertiary/aromatic N) is 5. The molecule has 0 saturated carbocycles. The molecule has 0 N–H and O–H groups in total. The Labute approximate surface area is 183 Å². The molecule has 0 radical (unpaired) electrons. The zero-order valence-corrected chi connectivity index (χ0v) is 18.5. The number of hydrogen-bond donors (Lipinski definition) is 0. The topological polar surface area (TPSA) is 54.3 Å². The van der Waals surface area contributed by atoms with Gasteiger partial charge in [0.25, 0.3) is 0 Å². The van der Waals surface area contributed by atoms with E-state index < -0.39 is 0 Å². The molecule has 0 atom stereocenters. The summed E-state index contributed by atoms with van der Waals surface area (Å²) in [6, 6.07) is 14.4. The van der Waals surface area contributed by atoms with Crippen molar-refractivity contribution in [1.29, 1.82) is 0 Å². The number of rotatable bonds is 5. The van der Waals surface area contributed by atoms with Gasteiger partial charge >= 0.3 is 0 Å². The minimum Gasteiger partial charge on any atom is -0.353 e. The summed E-state index contributed by atoms with van der Waals surface area (Å²) >= 11 is 0. The second-order valence-corrected chi connectivity index (χ2v) is 8.06. The predicted octanol–water partition coefficient (Wildman–Crippen LogP) is 3.61. The van der Waals surface area contributed by atoms with E-state index in [0.717, 1.165) is 42.4 Å². The van der Waals surface area contributed by atoms with Gasteiger partial charge in [0.1, 0.15) is 5.82 Å². The Morgan fingerprint density at radius 2 is 1.74 bits per heavy atom. The van der Waals surface area contributed by atoms with E-state index >= 15 is 0 Å². The average molecular weight is 416 g/mol. The van der Waals surface area contributed by atoms with E-state index in [1.807, 2.05) is 40.8 Å². The van der Waals surface area contributed by atoms with Crippen LogP contribution in [0.3, 0.4) is 0 Å². The zero-order chi connectivity index (χ0) is 21.8. The van der Waals surface area contributed by atoms with Crippen LogP contribution in [0.2, 0.25) is 0 Å². The lowest BCUT2D eigenvalue weighted by Crippen LogP contribution is -2.48. The van der Waals surface area contributed by atoms with Gasteiger partial charge in [0.15, 0.2) is 0 Å². The summed E-state index contributed by atoms with van der Waals surface area (Å²) in [5.41, 5.74) is 5.50. The Hall–Kier alpha value is -3.41. The molecule has 3 heterocycles. The van der Waals surface area contributed by atoms with Crippen molar-refractivity contribution in [1.82, 2.24) is 19.7 Å². The fraction of sp³-hybridized carbons (Fsp3) is 0.320. The number of amides is 1. The molecular weight excluding hydrogens is 386 g/mol. The Balaban J connectivity index is 1.39. The van der Waals surface area contributed by atoms with Gasteiger partial charge in [0, 0.05) is 49.7 Å². The van der Waals surface area contributed by atoms with E-state index in [2.05, 4.69) is 53.1 Å². The maximum atomic E-state index is 12.7. The van der Waals surface area contributed by atoms with E-state index in [1.165, 1.54) is 11.1 Å². The van der Waals surface area contributed by atoms with Gasteiger partial charge in [-0.25, -0.2) is 4.98 Å². The molecule has 3 aromatic rings. The monoisotopic (exact) mass is 415 g/mol. The third kappa shape index (κ3) is 4.85. The fourth-order valence-electron chi connectivity index (χ4n) is 3.93. The number of hydrogen-bond acceptors (Lipinski definition) is 4. The van der Waals surface area contributed by atoms with Crippen molar-refractivity contribution in [3.8, 4) is 0 Å². The van der Waals surface area contributed by atoms with Gasteiger partial charge in [-0.15, -0.1) is 0 Å². The minimum atomic E-state index is 0.0470. The summed E-state index contributed by atoms with van der Waals surface area (Å²) in [5.74, 6) is 1.02. The molecule has 31 heavy (non-hydrogen) atoms. The molecule has 6 nitrogen and oxygen atoms in total. The number of pyridine rings is 1. The normalized spacial score (nSPS) is 14.4. The molecule has 0 aliphatic carbocycles. The highest BCUT2D eigenvalue weighted by molar-refractivity contribution is 5.92. The number of carbonyl (C=O) groups is 1. The Morgan fingerprint density at radius 3 is 2.42 bits per heavy atom. The largest absolute Gasteiger partial charge is 0.353 e. The quantitative estimate of drug-likeness (QED) is 0.598. The van der Waals surface area contributed by atoms with Crippen LogP contribution < -0.4 is 4.90 Å². The second-order valence-electron chi connectivity index (χ2n) is 8.06. The summed E-state index contributed by atoms with van der Waals surface area (Å²) in [6.45, 7) is 9.86. The molecule has 0 spiro atoms. The number of aryl methyl sites for hydroxylation is 2. The van der Waals surface area contributed by atoms with Gasteiger partial charge in [-0.1, -0.05) is 35.9 Å². The zero-order valence-electron chi connectivity index (χ0n) is 18.5. The SMILES string of the molecule is Cc1ccc(Cn2nc(C)c(C=CC(=O)N3CCN(c4ccccn4)CC3)c2C)cc1. The first-order valence-electron chi connectivity index (χ1n) is 10.7. The van der Waals surface area contributed by atoms with Crippen LogP contribution in [0.1, 0.15) is 28.1 Å². The Kier molecular flexibility index (Phi) is 6.16.